The van der Waals surface area contributed by atoms with E-state index in [1.807, 2.05) is 41.3 Å². The lowest BCUT2D eigenvalue weighted by Crippen LogP contribution is -2.45. The number of anilines is 3. The van der Waals surface area contributed by atoms with Gasteiger partial charge in [-0.25, -0.2) is 4.98 Å². The molecule has 136 valence electrons. The largest absolute Gasteiger partial charge is 0.391 e. The van der Waals surface area contributed by atoms with E-state index in [1.165, 1.54) is 0 Å². The number of rotatable bonds is 4. The van der Waals surface area contributed by atoms with Crippen molar-refractivity contribution in [3.8, 4) is 0 Å². The fourth-order valence-electron chi connectivity index (χ4n) is 3.64. The summed E-state index contributed by atoms with van der Waals surface area (Å²) in [6, 6.07) is 11.4. The number of hydrogen-bond donors (Lipinski definition) is 2. The maximum Gasteiger partial charge on any atom is 0.245 e. The molecule has 2 aromatic rings. The molecular weight excluding hydrogens is 330 g/mol. The van der Waals surface area contributed by atoms with Gasteiger partial charge in [-0.1, -0.05) is 18.2 Å². The Bertz CT molecular complexity index is 770. The molecule has 2 atom stereocenters. The Morgan fingerprint density at radius 3 is 2.77 bits per heavy atom. The van der Waals surface area contributed by atoms with E-state index in [2.05, 4.69) is 15.3 Å². The number of nitrogens with one attached hydrogen (secondary N) is 1. The molecule has 0 saturated carbocycles. The Morgan fingerprint density at radius 2 is 2.00 bits per heavy atom. The Hall–Kier alpha value is -2.67. The molecule has 26 heavy (non-hydrogen) atoms. The third kappa shape index (κ3) is 3.48. The van der Waals surface area contributed by atoms with Crippen LogP contribution in [0.2, 0.25) is 0 Å². The van der Waals surface area contributed by atoms with Crippen LogP contribution >= 0.6 is 0 Å². The number of para-hydroxylation sites is 1. The Morgan fingerprint density at radius 1 is 1.15 bits per heavy atom. The molecule has 1 aromatic heterocycles. The Balaban J connectivity index is 1.51. The van der Waals surface area contributed by atoms with E-state index < -0.39 is 6.10 Å². The molecule has 2 fully saturated rings. The van der Waals surface area contributed by atoms with Gasteiger partial charge < -0.3 is 20.2 Å². The van der Waals surface area contributed by atoms with Crippen LogP contribution in [-0.2, 0) is 4.79 Å². The number of aromatic nitrogens is 2. The highest BCUT2D eigenvalue weighted by Crippen LogP contribution is 2.26. The van der Waals surface area contributed by atoms with Gasteiger partial charge in [-0.05, 0) is 37.5 Å². The average Bonchev–Trinajstić information content (AvgIpc) is 3.31. The number of carbonyl (C=O) groups is 1. The summed E-state index contributed by atoms with van der Waals surface area (Å²) < 4.78 is 0. The van der Waals surface area contributed by atoms with Gasteiger partial charge in [-0.3, -0.25) is 4.79 Å². The fraction of sp³-hybridized carbons (Fsp3) is 0.421. The van der Waals surface area contributed by atoms with Crippen molar-refractivity contribution < 1.29 is 9.90 Å². The molecule has 7 nitrogen and oxygen atoms in total. The topological polar surface area (TPSA) is 81.6 Å². The zero-order valence-corrected chi connectivity index (χ0v) is 14.6. The zero-order valence-electron chi connectivity index (χ0n) is 14.6. The minimum Gasteiger partial charge on any atom is -0.391 e. The molecule has 0 radical (unpaired) electrons. The van der Waals surface area contributed by atoms with Gasteiger partial charge in [0.05, 0.1) is 6.10 Å². The highest BCUT2D eigenvalue weighted by Gasteiger charge is 2.37. The maximum absolute atomic E-state index is 12.9. The highest BCUT2D eigenvalue weighted by atomic mass is 16.3. The molecule has 3 heterocycles. The number of likely N-dealkylation sites (tertiary alicyclic amines) is 1. The van der Waals surface area contributed by atoms with Gasteiger partial charge in [0.1, 0.15) is 11.9 Å². The Kier molecular flexibility index (Phi) is 4.71. The summed E-state index contributed by atoms with van der Waals surface area (Å²) in [5.74, 6) is 1.35. The quantitative estimate of drug-likeness (QED) is 0.872. The van der Waals surface area contributed by atoms with E-state index in [9.17, 15) is 9.90 Å². The normalized spacial score (nSPS) is 22.7. The summed E-state index contributed by atoms with van der Waals surface area (Å²) in [5, 5.41) is 13.0. The number of carbonyl (C=O) groups excluding carboxylic acids is 1. The second kappa shape index (κ2) is 7.29. The van der Waals surface area contributed by atoms with Crippen molar-refractivity contribution in [2.24, 2.45) is 0 Å². The predicted octanol–water partition coefficient (Wildman–Crippen LogP) is 1.78. The van der Waals surface area contributed by atoms with Crippen molar-refractivity contribution in [1.29, 1.82) is 0 Å². The smallest absolute Gasteiger partial charge is 0.245 e. The average molecular weight is 353 g/mol. The second-order valence-electron chi connectivity index (χ2n) is 6.81. The number of aliphatic hydroxyl groups excluding tert-OH is 1. The third-order valence-electron chi connectivity index (χ3n) is 4.96. The van der Waals surface area contributed by atoms with Crippen LogP contribution in [0.15, 0.2) is 42.6 Å². The first-order chi connectivity index (χ1) is 12.7. The monoisotopic (exact) mass is 353 g/mol. The minimum atomic E-state index is -0.400. The van der Waals surface area contributed by atoms with E-state index in [1.54, 1.807) is 11.1 Å². The van der Waals surface area contributed by atoms with Crippen LogP contribution in [0, 0.1) is 0 Å². The summed E-state index contributed by atoms with van der Waals surface area (Å²) in [4.78, 5) is 25.6. The first-order valence-corrected chi connectivity index (χ1v) is 9.09. The van der Waals surface area contributed by atoms with Crippen molar-refractivity contribution in [3.63, 3.8) is 0 Å². The van der Waals surface area contributed by atoms with Crippen LogP contribution in [-0.4, -0.2) is 57.7 Å². The lowest BCUT2D eigenvalue weighted by atomic mass is 10.2. The van der Waals surface area contributed by atoms with Crippen LogP contribution in [0.1, 0.15) is 19.3 Å². The van der Waals surface area contributed by atoms with E-state index in [0.717, 1.165) is 25.1 Å². The van der Waals surface area contributed by atoms with Crippen LogP contribution < -0.4 is 10.2 Å². The van der Waals surface area contributed by atoms with Crippen LogP contribution in [0.5, 0.6) is 0 Å². The number of nitrogens with zero attached hydrogens (tertiary/aromatic N) is 4. The summed E-state index contributed by atoms with van der Waals surface area (Å²) in [7, 11) is 0. The van der Waals surface area contributed by atoms with E-state index in [-0.39, 0.29) is 11.9 Å². The molecule has 2 N–H and O–H groups in total. The highest BCUT2D eigenvalue weighted by molar-refractivity contribution is 5.85. The molecule has 7 heteroatoms. The molecule has 0 aliphatic carbocycles. The summed E-state index contributed by atoms with van der Waals surface area (Å²) in [6.45, 7) is 1.82. The van der Waals surface area contributed by atoms with Gasteiger partial charge in [0.15, 0.2) is 0 Å². The summed E-state index contributed by atoms with van der Waals surface area (Å²) >= 11 is 0. The van der Waals surface area contributed by atoms with Gasteiger partial charge in [-0.2, -0.15) is 4.98 Å². The van der Waals surface area contributed by atoms with Crippen molar-refractivity contribution in [1.82, 2.24) is 14.9 Å². The molecule has 1 amide bonds. The van der Waals surface area contributed by atoms with Crippen LogP contribution in [0.25, 0.3) is 0 Å². The predicted molar refractivity (Wildman–Crippen MR) is 99.3 cm³/mol. The standard InChI is InChI=1S/C19H23N5O2/c25-15-9-12-23(13-15)18(26)16-7-4-11-24(16)19-20-10-8-17(22-19)21-14-5-2-1-3-6-14/h1-3,5-6,8,10,15-16,25H,4,7,9,11-13H2,(H,20,21,22)/t15-,16+/m1/s1. The molecule has 1 aromatic carbocycles. The molecule has 0 bridgehead atoms. The van der Waals surface area contributed by atoms with E-state index in [0.29, 0.717) is 31.3 Å². The van der Waals surface area contributed by atoms with Gasteiger partial charge in [0.25, 0.3) is 0 Å². The lowest BCUT2D eigenvalue weighted by Gasteiger charge is -2.27. The number of benzene rings is 1. The molecule has 0 unspecified atom stereocenters. The Labute approximate surface area is 152 Å². The van der Waals surface area contributed by atoms with Crippen molar-refractivity contribution in [2.75, 3.05) is 29.9 Å². The summed E-state index contributed by atoms with van der Waals surface area (Å²) in [5.41, 5.74) is 0.956. The molecule has 2 aliphatic heterocycles. The molecule has 0 spiro atoms. The van der Waals surface area contributed by atoms with Gasteiger partial charge in [-0.15, -0.1) is 0 Å². The molecular formula is C19H23N5O2. The maximum atomic E-state index is 12.9. The van der Waals surface area contributed by atoms with E-state index in [4.69, 9.17) is 0 Å². The van der Waals surface area contributed by atoms with Crippen LogP contribution in [0.4, 0.5) is 17.5 Å². The van der Waals surface area contributed by atoms with Gasteiger partial charge in [0, 0.05) is 31.5 Å². The number of amides is 1. The van der Waals surface area contributed by atoms with Crippen molar-refractivity contribution >= 4 is 23.4 Å². The van der Waals surface area contributed by atoms with E-state index >= 15 is 0 Å². The van der Waals surface area contributed by atoms with Gasteiger partial charge >= 0.3 is 0 Å². The fourth-order valence-corrected chi connectivity index (χ4v) is 3.64. The zero-order chi connectivity index (χ0) is 17.9. The number of hydrogen-bond acceptors (Lipinski definition) is 6. The third-order valence-corrected chi connectivity index (χ3v) is 4.96. The first kappa shape index (κ1) is 16.8. The summed E-state index contributed by atoms with van der Waals surface area (Å²) in [6.07, 6.45) is 3.71. The minimum absolute atomic E-state index is 0.0732. The molecule has 2 aliphatic rings. The number of aliphatic hydroxyl groups is 1. The lowest BCUT2D eigenvalue weighted by molar-refractivity contribution is -0.131. The van der Waals surface area contributed by atoms with Crippen molar-refractivity contribution in [3.05, 3.63) is 42.6 Å². The molecule has 2 saturated heterocycles. The molecule has 4 rings (SSSR count). The van der Waals surface area contributed by atoms with Crippen molar-refractivity contribution in [2.45, 2.75) is 31.4 Å². The first-order valence-electron chi connectivity index (χ1n) is 9.09. The van der Waals surface area contributed by atoms with Gasteiger partial charge in [0.2, 0.25) is 11.9 Å². The van der Waals surface area contributed by atoms with Crippen LogP contribution in [0.3, 0.4) is 0 Å². The number of β-amino-alcohol motifs (C(OH)–C–C–N with tert-alkyl or cyclic N) is 1. The second-order valence-corrected chi connectivity index (χ2v) is 6.81. The SMILES string of the molecule is O=C([C@@H]1CCCN1c1nccc(Nc2ccccc2)n1)N1CC[C@@H](O)C1.